The first-order chi connectivity index (χ1) is 8.15. The Morgan fingerprint density at radius 3 is 2.71 bits per heavy atom. The molecular formula is C12H22N2O2S. The van der Waals surface area contributed by atoms with Gasteiger partial charge in [0.1, 0.15) is 0 Å². The summed E-state index contributed by atoms with van der Waals surface area (Å²) in [6.07, 6.45) is 3.68. The van der Waals surface area contributed by atoms with Gasteiger partial charge in [-0.2, -0.15) is 0 Å². The van der Waals surface area contributed by atoms with E-state index >= 15 is 0 Å². The molecule has 1 rings (SSSR count). The van der Waals surface area contributed by atoms with Crippen molar-refractivity contribution in [2.75, 3.05) is 19.8 Å². The van der Waals surface area contributed by atoms with E-state index in [4.69, 9.17) is 22.7 Å². The summed E-state index contributed by atoms with van der Waals surface area (Å²) in [5.74, 6) is 0.196. The Labute approximate surface area is 108 Å². The molecule has 17 heavy (non-hydrogen) atoms. The van der Waals surface area contributed by atoms with E-state index in [2.05, 4.69) is 5.32 Å². The van der Waals surface area contributed by atoms with Gasteiger partial charge in [0.15, 0.2) is 0 Å². The van der Waals surface area contributed by atoms with Gasteiger partial charge in [-0.25, -0.2) is 0 Å². The third-order valence-corrected chi connectivity index (χ3v) is 3.43. The topological polar surface area (TPSA) is 64.3 Å². The molecule has 4 nitrogen and oxygen atoms in total. The maximum atomic E-state index is 11.9. The molecule has 0 aromatic carbocycles. The van der Waals surface area contributed by atoms with Crippen molar-refractivity contribution < 1.29 is 9.53 Å². The van der Waals surface area contributed by atoms with E-state index < -0.39 is 0 Å². The first-order valence-electron chi connectivity index (χ1n) is 6.30. The molecule has 1 heterocycles. The second-order valence-corrected chi connectivity index (χ2v) is 5.02. The van der Waals surface area contributed by atoms with Crippen LogP contribution >= 0.6 is 12.2 Å². The van der Waals surface area contributed by atoms with Crippen LogP contribution in [-0.2, 0) is 9.53 Å². The number of thiocarbonyl (C=S) groups is 1. The summed E-state index contributed by atoms with van der Waals surface area (Å²) in [4.78, 5) is 12.2. The highest BCUT2D eigenvalue weighted by Gasteiger charge is 2.21. The van der Waals surface area contributed by atoms with E-state index in [0.717, 1.165) is 38.9 Å². The highest BCUT2D eigenvalue weighted by Crippen LogP contribution is 2.14. The molecule has 1 saturated heterocycles. The number of rotatable bonds is 6. The Bertz CT molecular complexity index is 265. The van der Waals surface area contributed by atoms with Crippen molar-refractivity contribution in [3.8, 4) is 0 Å². The highest BCUT2D eigenvalue weighted by molar-refractivity contribution is 7.80. The maximum absolute atomic E-state index is 11.9. The third-order valence-electron chi connectivity index (χ3n) is 3.14. The smallest absolute Gasteiger partial charge is 0.229 e. The van der Waals surface area contributed by atoms with E-state index in [9.17, 15) is 4.79 Å². The zero-order chi connectivity index (χ0) is 12.7. The molecule has 0 radical (unpaired) electrons. The molecule has 1 unspecified atom stereocenters. The van der Waals surface area contributed by atoms with Gasteiger partial charge in [-0.1, -0.05) is 25.6 Å². The normalized spacial score (nSPS) is 18.6. The van der Waals surface area contributed by atoms with Crippen LogP contribution in [0.15, 0.2) is 0 Å². The standard InChI is InChI=1S/C12H22N2O2S/c1-2-3-10(11(13)17)12(15)14-8-9-4-6-16-7-5-9/h9-10H,2-8H2,1H3,(H2,13,17)(H,14,15). The van der Waals surface area contributed by atoms with Gasteiger partial charge < -0.3 is 15.8 Å². The lowest BCUT2D eigenvalue weighted by atomic mass is 9.99. The van der Waals surface area contributed by atoms with Gasteiger partial charge in [0.05, 0.1) is 10.9 Å². The minimum Gasteiger partial charge on any atom is -0.393 e. The Balaban J connectivity index is 2.33. The van der Waals surface area contributed by atoms with Crippen LogP contribution in [-0.4, -0.2) is 30.7 Å². The van der Waals surface area contributed by atoms with Crippen LogP contribution < -0.4 is 11.1 Å². The van der Waals surface area contributed by atoms with Crippen LogP contribution in [0.4, 0.5) is 0 Å². The van der Waals surface area contributed by atoms with Crippen molar-refractivity contribution in [1.29, 1.82) is 0 Å². The minimum atomic E-state index is -0.310. The van der Waals surface area contributed by atoms with Gasteiger partial charge in [-0.3, -0.25) is 4.79 Å². The minimum absolute atomic E-state index is 0.0224. The first kappa shape index (κ1) is 14.4. The van der Waals surface area contributed by atoms with E-state index in [1.54, 1.807) is 0 Å². The fraction of sp³-hybridized carbons (Fsp3) is 0.833. The van der Waals surface area contributed by atoms with Gasteiger partial charge in [-0.05, 0) is 25.2 Å². The molecule has 1 aliphatic heterocycles. The lowest BCUT2D eigenvalue weighted by molar-refractivity contribution is -0.123. The molecule has 0 aromatic rings. The second-order valence-electron chi connectivity index (χ2n) is 4.54. The monoisotopic (exact) mass is 258 g/mol. The Kier molecular flexibility index (Phi) is 6.44. The van der Waals surface area contributed by atoms with Crippen LogP contribution in [0, 0.1) is 11.8 Å². The molecule has 0 spiro atoms. The molecule has 1 atom stereocenters. The van der Waals surface area contributed by atoms with Gasteiger partial charge in [-0.15, -0.1) is 0 Å². The summed E-state index contributed by atoms with van der Waals surface area (Å²) in [7, 11) is 0. The fourth-order valence-electron chi connectivity index (χ4n) is 2.01. The predicted octanol–water partition coefficient (Wildman–Crippen LogP) is 1.23. The van der Waals surface area contributed by atoms with Crippen LogP contribution in [0.2, 0.25) is 0 Å². The van der Waals surface area contributed by atoms with Crippen molar-refractivity contribution in [3.63, 3.8) is 0 Å². The van der Waals surface area contributed by atoms with Crippen molar-refractivity contribution in [2.24, 2.45) is 17.6 Å². The predicted molar refractivity (Wildman–Crippen MR) is 71.7 cm³/mol. The SMILES string of the molecule is CCCC(C(=O)NCC1CCOCC1)C(N)=S. The van der Waals surface area contributed by atoms with E-state index in [-0.39, 0.29) is 11.8 Å². The molecule has 1 aliphatic rings. The number of nitrogens with one attached hydrogen (secondary N) is 1. The number of carbonyl (C=O) groups excluding carboxylic acids is 1. The summed E-state index contributed by atoms with van der Waals surface area (Å²) in [6.45, 7) is 4.34. The molecule has 0 bridgehead atoms. The summed E-state index contributed by atoms with van der Waals surface area (Å²) in [6, 6.07) is 0. The average molecular weight is 258 g/mol. The summed E-state index contributed by atoms with van der Waals surface area (Å²) < 4.78 is 5.28. The van der Waals surface area contributed by atoms with E-state index in [1.165, 1.54) is 0 Å². The van der Waals surface area contributed by atoms with E-state index in [1.807, 2.05) is 6.92 Å². The molecule has 0 saturated carbocycles. The Morgan fingerprint density at radius 1 is 1.53 bits per heavy atom. The Morgan fingerprint density at radius 2 is 2.18 bits per heavy atom. The molecule has 5 heteroatoms. The third kappa shape index (κ3) is 5.00. The molecule has 1 fully saturated rings. The Hall–Kier alpha value is -0.680. The van der Waals surface area contributed by atoms with E-state index in [0.29, 0.717) is 17.5 Å². The number of nitrogens with two attached hydrogens (primary N) is 1. The summed E-state index contributed by atoms with van der Waals surface area (Å²) >= 11 is 4.93. The zero-order valence-corrected chi connectivity index (χ0v) is 11.2. The maximum Gasteiger partial charge on any atom is 0.229 e. The first-order valence-corrected chi connectivity index (χ1v) is 6.70. The van der Waals surface area contributed by atoms with Crippen LogP contribution in [0.25, 0.3) is 0 Å². The molecule has 98 valence electrons. The fourth-order valence-corrected chi connectivity index (χ4v) is 2.23. The van der Waals surface area contributed by atoms with Crippen molar-refractivity contribution in [1.82, 2.24) is 5.32 Å². The zero-order valence-electron chi connectivity index (χ0n) is 10.4. The number of amides is 1. The number of hydrogen-bond donors (Lipinski definition) is 2. The number of carbonyl (C=O) groups is 1. The largest absolute Gasteiger partial charge is 0.393 e. The van der Waals surface area contributed by atoms with Gasteiger partial charge in [0, 0.05) is 19.8 Å². The number of ether oxygens (including phenoxy) is 1. The van der Waals surface area contributed by atoms with Crippen LogP contribution in [0.3, 0.4) is 0 Å². The summed E-state index contributed by atoms with van der Waals surface area (Å²) in [5, 5.41) is 2.96. The van der Waals surface area contributed by atoms with Gasteiger partial charge in [0.25, 0.3) is 0 Å². The van der Waals surface area contributed by atoms with Crippen molar-refractivity contribution in [2.45, 2.75) is 32.6 Å². The quantitative estimate of drug-likeness (QED) is 0.703. The highest BCUT2D eigenvalue weighted by atomic mass is 32.1. The van der Waals surface area contributed by atoms with Gasteiger partial charge >= 0.3 is 0 Å². The lowest BCUT2D eigenvalue weighted by Gasteiger charge is -2.23. The molecule has 3 N–H and O–H groups in total. The van der Waals surface area contributed by atoms with Gasteiger partial charge in [0.2, 0.25) is 5.91 Å². The van der Waals surface area contributed by atoms with Crippen LogP contribution in [0.1, 0.15) is 32.6 Å². The second kappa shape index (κ2) is 7.61. The molecule has 0 aliphatic carbocycles. The number of hydrogen-bond acceptors (Lipinski definition) is 3. The van der Waals surface area contributed by atoms with Crippen molar-refractivity contribution >= 4 is 23.1 Å². The molecular weight excluding hydrogens is 236 g/mol. The molecule has 0 aromatic heterocycles. The average Bonchev–Trinajstić information content (AvgIpc) is 2.34. The van der Waals surface area contributed by atoms with Crippen molar-refractivity contribution in [3.05, 3.63) is 0 Å². The molecule has 1 amide bonds. The summed E-state index contributed by atoms with van der Waals surface area (Å²) in [5.41, 5.74) is 5.58. The van der Waals surface area contributed by atoms with Crippen LogP contribution in [0.5, 0.6) is 0 Å². The lowest BCUT2D eigenvalue weighted by Crippen LogP contribution is -2.40.